The molecule has 0 heterocycles. The summed E-state index contributed by atoms with van der Waals surface area (Å²) in [5.41, 5.74) is 2.37. The molecule has 0 saturated heterocycles. The van der Waals surface area contributed by atoms with Crippen LogP contribution in [0.1, 0.15) is 16.7 Å². The smallest absolute Gasteiger partial charge is 0.416 e. The largest absolute Gasteiger partial charge is 0.507 e. The summed E-state index contributed by atoms with van der Waals surface area (Å²) >= 11 is 1.95. The number of carbonyl (C=O) groups excluding carboxylic acids is 1. The number of phenolic OH excluding ortho intramolecular Hbond substituents is 1. The zero-order valence-electron chi connectivity index (χ0n) is 12.1. The van der Waals surface area contributed by atoms with Crippen molar-refractivity contribution in [3.8, 4) is 5.75 Å². The van der Waals surface area contributed by atoms with Crippen molar-refractivity contribution in [3.05, 3.63) is 62.7 Å². The van der Waals surface area contributed by atoms with Gasteiger partial charge in [0.05, 0.1) is 21.8 Å². The van der Waals surface area contributed by atoms with E-state index in [1.807, 2.05) is 22.6 Å². The number of carbonyl (C=O) groups is 1. The first-order valence-electron chi connectivity index (χ1n) is 6.72. The molecule has 2 rings (SSSR count). The van der Waals surface area contributed by atoms with Crippen molar-refractivity contribution in [2.24, 2.45) is 5.10 Å². The topological polar surface area (TPSA) is 61.7 Å². The van der Waals surface area contributed by atoms with Crippen molar-refractivity contribution >= 4 is 34.7 Å². The van der Waals surface area contributed by atoms with Gasteiger partial charge in [-0.1, -0.05) is 18.2 Å². The lowest BCUT2D eigenvalue weighted by Gasteiger charge is -2.08. The normalized spacial score (nSPS) is 11.7. The number of nitrogens with one attached hydrogen (secondary N) is 1. The van der Waals surface area contributed by atoms with Crippen molar-refractivity contribution in [1.29, 1.82) is 0 Å². The summed E-state index contributed by atoms with van der Waals surface area (Å²) in [5.74, 6) is -0.389. The molecule has 0 aliphatic carbocycles. The van der Waals surface area contributed by atoms with Gasteiger partial charge in [-0.15, -0.1) is 0 Å². The molecule has 126 valence electrons. The molecule has 4 nitrogen and oxygen atoms in total. The summed E-state index contributed by atoms with van der Waals surface area (Å²) in [6.45, 7) is 0. The molecule has 0 saturated carbocycles. The van der Waals surface area contributed by atoms with Crippen molar-refractivity contribution in [2.45, 2.75) is 12.6 Å². The maximum absolute atomic E-state index is 12.6. The maximum Gasteiger partial charge on any atom is 0.416 e. The summed E-state index contributed by atoms with van der Waals surface area (Å²) < 4.78 is 38.5. The second-order valence-corrected chi connectivity index (χ2v) is 6.04. The van der Waals surface area contributed by atoms with E-state index in [9.17, 15) is 23.1 Å². The number of benzene rings is 2. The van der Waals surface area contributed by atoms with Crippen LogP contribution in [0.5, 0.6) is 5.75 Å². The van der Waals surface area contributed by atoms with Crippen LogP contribution < -0.4 is 5.43 Å². The molecular weight excluding hydrogens is 436 g/mol. The van der Waals surface area contributed by atoms with Crippen molar-refractivity contribution in [1.82, 2.24) is 5.43 Å². The number of hydrogen-bond donors (Lipinski definition) is 2. The number of hydrazone groups is 1. The van der Waals surface area contributed by atoms with Gasteiger partial charge in [-0.05, 0) is 58.0 Å². The second-order valence-electron chi connectivity index (χ2n) is 4.88. The average Bonchev–Trinajstić information content (AvgIpc) is 2.50. The summed E-state index contributed by atoms with van der Waals surface area (Å²) in [5, 5.41) is 13.1. The van der Waals surface area contributed by atoms with Crippen LogP contribution in [0.15, 0.2) is 47.6 Å². The molecule has 0 radical (unpaired) electrons. The number of halogens is 4. The first-order chi connectivity index (χ1) is 11.3. The quantitative estimate of drug-likeness (QED) is 0.426. The van der Waals surface area contributed by atoms with Gasteiger partial charge in [0.25, 0.3) is 0 Å². The lowest BCUT2D eigenvalue weighted by molar-refractivity contribution is -0.137. The van der Waals surface area contributed by atoms with Gasteiger partial charge in [-0.2, -0.15) is 18.3 Å². The molecule has 0 bridgehead atoms. The van der Waals surface area contributed by atoms with Crippen LogP contribution in [0.25, 0.3) is 0 Å². The fourth-order valence-electron chi connectivity index (χ4n) is 1.86. The Hall–Kier alpha value is -2.10. The predicted octanol–water partition coefficient (Wildman–Crippen LogP) is 3.71. The van der Waals surface area contributed by atoms with E-state index in [4.69, 9.17) is 0 Å². The van der Waals surface area contributed by atoms with Crippen molar-refractivity contribution in [3.63, 3.8) is 0 Å². The summed E-state index contributed by atoms with van der Waals surface area (Å²) in [6, 6.07) is 9.36. The lowest BCUT2D eigenvalue weighted by Crippen LogP contribution is -2.20. The molecule has 0 fully saturated rings. The van der Waals surface area contributed by atoms with E-state index in [2.05, 4.69) is 10.5 Å². The minimum absolute atomic E-state index is 0.140. The highest BCUT2D eigenvalue weighted by molar-refractivity contribution is 14.1. The van der Waals surface area contributed by atoms with Gasteiger partial charge in [-0.25, -0.2) is 5.43 Å². The van der Waals surface area contributed by atoms with Crippen LogP contribution >= 0.6 is 22.6 Å². The minimum Gasteiger partial charge on any atom is -0.507 e. The van der Waals surface area contributed by atoms with Crippen LogP contribution in [0.4, 0.5) is 13.2 Å². The molecule has 2 aromatic rings. The highest BCUT2D eigenvalue weighted by Crippen LogP contribution is 2.29. The molecule has 0 aromatic heterocycles. The van der Waals surface area contributed by atoms with E-state index in [-0.39, 0.29) is 17.7 Å². The van der Waals surface area contributed by atoms with E-state index in [0.717, 1.165) is 12.1 Å². The number of phenols is 1. The zero-order chi connectivity index (χ0) is 17.7. The monoisotopic (exact) mass is 448 g/mol. The van der Waals surface area contributed by atoms with Gasteiger partial charge < -0.3 is 5.11 Å². The van der Waals surface area contributed by atoms with E-state index in [1.54, 1.807) is 12.1 Å². The fraction of sp³-hybridized carbons (Fsp3) is 0.125. The molecule has 0 unspecified atom stereocenters. The van der Waals surface area contributed by atoms with Crippen LogP contribution in [0.2, 0.25) is 0 Å². The number of aromatic hydroxyl groups is 1. The number of rotatable bonds is 4. The standard InChI is InChI=1S/C16H12F3IN2O2/c17-16(18,19)12-3-1-2-10(6-12)8-15(24)22-21-9-11-4-5-14(23)13(20)7-11/h1-7,9,23H,8H2,(H,22,24)/b21-9+. The highest BCUT2D eigenvalue weighted by Gasteiger charge is 2.30. The van der Waals surface area contributed by atoms with Gasteiger partial charge in [-0.3, -0.25) is 4.79 Å². The summed E-state index contributed by atoms with van der Waals surface area (Å²) in [6.07, 6.45) is -3.28. The zero-order valence-corrected chi connectivity index (χ0v) is 14.3. The van der Waals surface area contributed by atoms with Crippen LogP contribution in [0, 0.1) is 3.57 Å². The van der Waals surface area contributed by atoms with Crippen molar-refractivity contribution in [2.75, 3.05) is 0 Å². The van der Waals surface area contributed by atoms with Crippen molar-refractivity contribution < 1.29 is 23.1 Å². The minimum atomic E-state index is -4.44. The number of alkyl halides is 3. The Morgan fingerprint density at radius 2 is 2.00 bits per heavy atom. The molecular formula is C16H12F3IN2O2. The first-order valence-corrected chi connectivity index (χ1v) is 7.80. The van der Waals surface area contributed by atoms with Gasteiger partial charge in [0, 0.05) is 0 Å². The summed E-state index contributed by atoms with van der Waals surface area (Å²) in [7, 11) is 0. The van der Waals surface area contributed by atoms with E-state index in [0.29, 0.717) is 9.13 Å². The van der Waals surface area contributed by atoms with Gasteiger partial charge in [0.15, 0.2) is 0 Å². The molecule has 0 spiro atoms. The average molecular weight is 448 g/mol. The van der Waals surface area contributed by atoms with Gasteiger partial charge in [0.1, 0.15) is 5.75 Å². The number of nitrogens with zero attached hydrogens (tertiary/aromatic N) is 1. The Labute approximate surface area is 149 Å². The lowest BCUT2D eigenvalue weighted by atomic mass is 10.1. The molecule has 2 N–H and O–H groups in total. The van der Waals surface area contributed by atoms with Crippen LogP contribution in [-0.2, 0) is 17.4 Å². The highest BCUT2D eigenvalue weighted by atomic mass is 127. The Balaban J connectivity index is 1.96. The third kappa shape index (κ3) is 5.22. The molecule has 1 amide bonds. The fourth-order valence-corrected chi connectivity index (χ4v) is 2.40. The Kier molecular flexibility index (Phi) is 5.81. The van der Waals surface area contributed by atoms with Gasteiger partial charge >= 0.3 is 6.18 Å². The van der Waals surface area contributed by atoms with E-state index < -0.39 is 17.6 Å². The van der Waals surface area contributed by atoms with Crippen LogP contribution in [-0.4, -0.2) is 17.2 Å². The Morgan fingerprint density at radius 3 is 2.67 bits per heavy atom. The Bertz CT molecular complexity index is 776. The maximum atomic E-state index is 12.6. The molecule has 24 heavy (non-hydrogen) atoms. The third-order valence-electron chi connectivity index (χ3n) is 2.99. The van der Waals surface area contributed by atoms with E-state index >= 15 is 0 Å². The molecule has 2 aromatic carbocycles. The second kappa shape index (κ2) is 7.65. The number of amides is 1. The molecule has 0 aliphatic heterocycles. The molecule has 0 atom stereocenters. The first kappa shape index (κ1) is 18.2. The summed E-state index contributed by atoms with van der Waals surface area (Å²) in [4.78, 5) is 11.7. The van der Waals surface area contributed by atoms with Crippen LogP contribution in [0.3, 0.4) is 0 Å². The number of hydrogen-bond acceptors (Lipinski definition) is 3. The van der Waals surface area contributed by atoms with E-state index in [1.165, 1.54) is 24.4 Å². The van der Waals surface area contributed by atoms with Gasteiger partial charge in [0.2, 0.25) is 5.91 Å². The predicted molar refractivity (Wildman–Crippen MR) is 91.7 cm³/mol. The molecule has 8 heteroatoms. The SMILES string of the molecule is O=C(Cc1cccc(C(F)(F)F)c1)N/N=C/c1ccc(O)c(I)c1. The molecule has 0 aliphatic rings. The Morgan fingerprint density at radius 1 is 1.25 bits per heavy atom. The third-order valence-corrected chi connectivity index (χ3v) is 3.86.